The topological polar surface area (TPSA) is 65.2 Å². The van der Waals surface area contributed by atoms with E-state index in [-0.39, 0.29) is 31.0 Å². The van der Waals surface area contributed by atoms with Gasteiger partial charge in [-0.05, 0) is 24.3 Å². The quantitative estimate of drug-likeness (QED) is 0.483. The van der Waals surface area contributed by atoms with E-state index in [0.717, 1.165) is 0 Å². The molecule has 2 rings (SSSR count). The summed E-state index contributed by atoms with van der Waals surface area (Å²) in [5.41, 5.74) is 1.38. The molecule has 21 heavy (non-hydrogen) atoms. The van der Waals surface area contributed by atoms with Crippen LogP contribution in [0.1, 0.15) is 11.1 Å². The molecule has 0 spiro atoms. The number of phenols is 2. The van der Waals surface area contributed by atoms with Crippen molar-refractivity contribution >= 4 is 12.4 Å². The van der Waals surface area contributed by atoms with Crippen LogP contribution in [0.4, 0.5) is 0 Å². The molecule has 0 amide bonds. The van der Waals surface area contributed by atoms with Gasteiger partial charge in [-0.15, -0.1) is 0 Å². The smallest absolute Gasteiger partial charge is 0.124 e. The first kappa shape index (κ1) is 17.1. The summed E-state index contributed by atoms with van der Waals surface area (Å²) in [6.07, 6.45) is 3.26. The molecule has 2 aromatic carbocycles. The molecule has 0 unspecified atom stereocenters. The molecule has 0 fully saturated rings. The molecule has 0 saturated carbocycles. The van der Waals surface area contributed by atoms with E-state index in [1.54, 1.807) is 48.8 Å². The summed E-state index contributed by atoms with van der Waals surface area (Å²) in [5.74, 6) is 0.433. The Balaban J connectivity index is 0.00000220. The molecule has 0 aliphatic carbocycles. The minimum atomic E-state index is 0. The van der Waals surface area contributed by atoms with Gasteiger partial charge in [-0.1, -0.05) is 24.3 Å². The van der Waals surface area contributed by atoms with Crippen LogP contribution in [0.2, 0.25) is 0 Å². The molecule has 0 radical (unpaired) electrons. The predicted octanol–water partition coefficient (Wildman–Crippen LogP) is 2.63. The average molecular weight is 369 g/mol. The van der Waals surface area contributed by atoms with Crippen LogP contribution in [-0.4, -0.2) is 35.7 Å². The van der Waals surface area contributed by atoms with Crippen LogP contribution in [-0.2, 0) is 19.5 Å². The molecular formula is C16H16N2O2Ru. The van der Waals surface area contributed by atoms with Gasteiger partial charge >= 0.3 is 0 Å². The van der Waals surface area contributed by atoms with Gasteiger partial charge in [-0.3, -0.25) is 9.98 Å². The van der Waals surface area contributed by atoms with Gasteiger partial charge in [0, 0.05) is 43.0 Å². The van der Waals surface area contributed by atoms with Crippen molar-refractivity contribution < 1.29 is 29.7 Å². The van der Waals surface area contributed by atoms with Crippen molar-refractivity contribution in [2.75, 3.05) is 13.1 Å². The van der Waals surface area contributed by atoms with Crippen LogP contribution in [0.3, 0.4) is 0 Å². The van der Waals surface area contributed by atoms with E-state index < -0.39 is 0 Å². The Morgan fingerprint density at radius 3 is 1.48 bits per heavy atom. The monoisotopic (exact) mass is 370 g/mol. The fraction of sp³-hybridized carbons (Fsp3) is 0.125. The first-order valence-electron chi connectivity index (χ1n) is 6.33. The number of rotatable bonds is 5. The van der Waals surface area contributed by atoms with Crippen molar-refractivity contribution in [2.45, 2.75) is 0 Å². The second kappa shape index (κ2) is 9.03. The van der Waals surface area contributed by atoms with E-state index in [2.05, 4.69) is 9.98 Å². The molecule has 0 aliphatic heterocycles. The fourth-order valence-corrected chi connectivity index (χ4v) is 1.63. The largest absolute Gasteiger partial charge is 0.507 e. The summed E-state index contributed by atoms with van der Waals surface area (Å²) >= 11 is 0. The molecule has 2 aromatic rings. The Morgan fingerprint density at radius 2 is 1.10 bits per heavy atom. The molecule has 0 bridgehead atoms. The van der Waals surface area contributed by atoms with Crippen molar-refractivity contribution in [2.24, 2.45) is 9.98 Å². The van der Waals surface area contributed by atoms with Crippen LogP contribution in [0.25, 0.3) is 0 Å². The van der Waals surface area contributed by atoms with Crippen molar-refractivity contribution in [3.63, 3.8) is 0 Å². The summed E-state index contributed by atoms with van der Waals surface area (Å²) in [5, 5.41) is 19.1. The van der Waals surface area contributed by atoms with Crippen molar-refractivity contribution in [3.05, 3.63) is 59.7 Å². The first-order chi connectivity index (χ1) is 9.77. The molecular weight excluding hydrogens is 353 g/mol. The number of aromatic hydroxyl groups is 2. The van der Waals surface area contributed by atoms with E-state index in [9.17, 15) is 10.2 Å². The molecule has 0 atom stereocenters. The summed E-state index contributed by atoms with van der Waals surface area (Å²) in [7, 11) is 0. The first-order valence-corrected chi connectivity index (χ1v) is 6.33. The SMILES string of the molecule is Oc1ccccc1C=NCCN=Cc1ccccc1O.[Ru]. The van der Waals surface area contributed by atoms with Crippen molar-refractivity contribution in [3.8, 4) is 11.5 Å². The van der Waals surface area contributed by atoms with Crippen LogP contribution in [0.5, 0.6) is 11.5 Å². The van der Waals surface area contributed by atoms with Gasteiger partial charge < -0.3 is 10.2 Å². The zero-order chi connectivity index (χ0) is 14.2. The number of nitrogens with zero attached hydrogens (tertiary/aromatic N) is 2. The summed E-state index contributed by atoms with van der Waals surface area (Å²) in [6, 6.07) is 14.1. The third kappa shape index (κ3) is 5.48. The minimum Gasteiger partial charge on any atom is -0.507 e. The van der Waals surface area contributed by atoms with E-state index in [0.29, 0.717) is 24.2 Å². The van der Waals surface area contributed by atoms with Crippen LogP contribution >= 0.6 is 0 Å². The summed E-state index contributed by atoms with van der Waals surface area (Å²) in [6.45, 7) is 1.05. The second-order valence-electron chi connectivity index (χ2n) is 4.19. The van der Waals surface area contributed by atoms with Gasteiger partial charge in [0.2, 0.25) is 0 Å². The number of hydrogen-bond acceptors (Lipinski definition) is 4. The minimum absolute atomic E-state index is 0. The van der Waals surface area contributed by atoms with Crippen LogP contribution in [0.15, 0.2) is 58.5 Å². The summed E-state index contributed by atoms with van der Waals surface area (Å²) in [4.78, 5) is 8.39. The number of aliphatic imine (C=N–C) groups is 2. The molecule has 5 heteroatoms. The second-order valence-corrected chi connectivity index (χ2v) is 4.19. The van der Waals surface area contributed by atoms with E-state index >= 15 is 0 Å². The maximum atomic E-state index is 9.54. The van der Waals surface area contributed by atoms with Gasteiger partial charge in [0.15, 0.2) is 0 Å². The van der Waals surface area contributed by atoms with Crippen LogP contribution in [0, 0.1) is 0 Å². The maximum Gasteiger partial charge on any atom is 0.124 e. The Labute approximate surface area is 136 Å². The zero-order valence-corrected chi connectivity index (χ0v) is 13.1. The zero-order valence-electron chi connectivity index (χ0n) is 11.3. The Hall–Kier alpha value is -2.00. The number of hydrogen-bond donors (Lipinski definition) is 2. The molecule has 0 aliphatic rings. The summed E-state index contributed by atoms with van der Waals surface area (Å²) < 4.78 is 0. The third-order valence-corrected chi connectivity index (χ3v) is 2.69. The van der Waals surface area contributed by atoms with Crippen molar-refractivity contribution in [1.29, 1.82) is 0 Å². The van der Waals surface area contributed by atoms with Crippen LogP contribution < -0.4 is 0 Å². The molecule has 0 aromatic heterocycles. The molecule has 2 N–H and O–H groups in total. The molecule has 4 nitrogen and oxygen atoms in total. The van der Waals surface area contributed by atoms with Gasteiger partial charge in [0.05, 0.1) is 13.1 Å². The standard InChI is InChI=1S/C16H16N2O2.Ru/c19-15-7-3-1-5-13(15)11-17-9-10-18-12-14-6-2-4-8-16(14)20;/h1-8,11-12,19-20H,9-10H2;. The number of para-hydroxylation sites is 2. The average Bonchev–Trinajstić information content (AvgIpc) is 2.46. The van der Waals surface area contributed by atoms with E-state index in [1.165, 1.54) is 0 Å². The number of phenolic OH excluding ortho intramolecular Hbond substituents is 2. The van der Waals surface area contributed by atoms with Crippen molar-refractivity contribution in [1.82, 2.24) is 0 Å². The molecule has 110 valence electrons. The Morgan fingerprint density at radius 1 is 0.714 bits per heavy atom. The molecule has 0 heterocycles. The third-order valence-electron chi connectivity index (χ3n) is 2.69. The normalized spacial score (nSPS) is 10.9. The fourth-order valence-electron chi connectivity index (χ4n) is 1.63. The Bertz CT molecular complexity index is 572. The van der Waals surface area contributed by atoms with Gasteiger partial charge in [0.25, 0.3) is 0 Å². The Kier molecular flexibility index (Phi) is 7.34. The van der Waals surface area contributed by atoms with E-state index in [1.807, 2.05) is 12.1 Å². The predicted molar refractivity (Wildman–Crippen MR) is 81.1 cm³/mol. The van der Waals surface area contributed by atoms with Gasteiger partial charge in [-0.2, -0.15) is 0 Å². The molecule has 0 saturated heterocycles. The maximum absolute atomic E-state index is 9.54. The number of benzene rings is 2. The van der Waals surface area contributed by atoms with Gasteiger partial charge in [0.1, 0.15) is 11.5 Å². The van der Waals surface area contributed by atoms with E-state index in [4.69, 9.17) is 0 Å². The van der Waals surface area contributed by atoms with Gasteiger partial charge in [-0.25, -0.2) is 0 Å².